The minimum Gasteiger partial charge on any atom is -0.393 e. The number of hydrogen-bond donors (Lipinski definition) is 3. The normalized spacial score (nSPS) is 18.7. The molecule has 0 atom stereocenters. The first kappa shape index (κ1) is 19.8. The number of aliphatic hydroxyl groups excluding tert-OH is 1. The van der Waals surface area contributed by atoms with Crippen LogP contribution in [0.15, 0.2) is 54.7 Å². The fourth-order valence-corrected chi connectivity index (χ4v) is 4.67. The highest BCUT2D eigenvalue weighted by Crippen LogP contribution is 2.27. The van der Waals surface area contributed by atoms with Crippen LogP contribution in [-0.4, -0.2) is 37.2 Å². The largest absolute Gasteiger partial charge is 0.393 e. The summed E-state index contributed by atoms with van der Waals surface area (Å²) in [6, 6.07) is 16.4. The van der Waals surface area contributed by atoms with Crippen LogP contribution in [0.4, 0.5) is 16.9 Å². The van der Waals surface area contributed by atoms with Crippen LogP contribution in [0.25, 0.3) is 10.3 Å². The van der Waals surface area contributed by atoms with Crippen LogP contribution >= 0.6 is 11.3 Å². The molecule has 4 aromatic rings. The number of nitrogens with one attached hydrogen (secondary N) is 2. The van der Waals surface area contributed by atoms with Gasteiger partial charge in [0.1, 0.15) is 16.2 Å². The maximum absolute atomic E-state index is 9.79. The molecular formula is C23H24N6OS. The van der Waals surface area contributed by atoms with E-state index in [4.69, 9.17) is 9.97 Å². The summed E-state index contributed by atoms with van der Waals surface area (Å²) in [6.45, 7) is 0. The Kier molecular flexibility index (Phi) is 5.73. The Hall–Kier alpha value is -3.10. The molecule has 0 aliphatic heterocycles. The van der Waals surface area contributed by atoms with Crippen molar-refractivity contribution in [2.75, 3.05) is 10.6 Å². The summed E-state index contributed by atoms with van der Waals surface area (Å²) in [7, 11) is 0. The molecule has 0 unspecified atom stereocenters. The van der Waals surface area contributed by atoms with Crippen LogP contribution in [0.1, 0.15) is 36.9 Å². The third kappa shape index (κ3) is 4.98. The maximum atomic E-state index is 9.79. The highest BCUT2D eigenvalue weighted by atomic mass is 32.1. The van der Waals surface area contributed by atoms with E-state index in [0.717, 1.165) is 53.3 Å². The SMILES string of the molecule is OC1CCC(Nc2nc(Cc3ccccc3)cc(Nc3nc4cccnc4s3)n2)CC1. The predicted octanol–water partition coefficient (Wildman–Crippen LogP) is 4.53. The molecule has 158 valence electrons. The van der Waals surface area contributed by atoms with Gasteiger partial charge in [-0.2, -0.15) is 4.98 Å². The average Bonchev–Trinajstić information content (AvgIpc) is 3.18. The first-order chi connectivity index (χ1) is 15.2. The van der Waals surface area contributed by atoms with Gasteiger partial charge in [0, 0.05) is 24.7 Å². The molecule has 7 nitrogen and oxygen atoms in total. The summed E-state index contributed by atoms with van der Waals surface area (Å²) in [4.78, 5) is 19.3. The number of aromatic nitrogens is 4. The van der Waals surface area contributed by atoms with Crippen molar-refractivity contribution in [3.8, 4) is 0 Å². The first-order valence-corrected chi connectivity index (χ1v) is 11.4. The molecule has 8 heteroatoms. The Bertz CT molecular complexity index is 1120. The van der Waals surface area contributed by atoms with Gasteiger partial charge in [0.15, 0.2) is 5.13 Å². The number of aliphatic hydroxyl groups is 1. The fraction of sp³-hybridized carbons (Fsp3) is 0.304. The van der Waals surface area contributed by atoms with Gasteiger partial charge in [-0.25, -0.2) is 15.0 Å². The lowest BCUT2D eigenvalue weighted by atomic mass is 9.93. The summed E-state index contributed by atoms with van der Waals surface area (Å²) >= 11 is 1.50. The van der Waals surface area contributed by atoms with Gasteiger partial charge >= 0.3 is 0 Å². The highest BCUT2D eigenvalue weighted by molar-refractivity contribution is 7.21. The Labute approximate surface area is 184 Å². The predicted molar refractivity (Wildman–Crippen MR) is 124 cm³/mol. The van der Waals surface area contributed by atoms with E-state index in [-0.39, 0.29) is 12.1 Å². The molecule has 0 radical (unpaired) electrons. The highest BCUT2D eigenvalue weighted by Gasteiger charge is 2.20. The van der Waals surface area contributed by atoms with Gasteiger partial charge in [-0.05, 0) is 43.4 Å². The molecule has 1 aromatic carbocycles. The zero-order chi connectivity index (χ0) is 21.0. The van der Waals surface area contributed by atoms with Crippen molar-refractivity contribution in [3.63, 3.8) is 0 Å². The van der Waals surface area contributed by atoms with Gasteiger partial charge in [-0.15, -0.1) is 0 Å². The number of benzene rings is 1. The van der Waals surface area contributed by atoms with Crippen molar-refractivity contribution in [1.29, 1.82) is 0 Å². The Balaban J connectivity index is 1.41. The molecular weight excluding hydrogens is 408 g/mol. The molecule has 0 saturated heterocycles. The van der Waals surface area contributed by atoms with Gasteiger partial charge in [-0.1, -0.05) is 41.7 Å². The number of hydrogen-bond acceptors (Lipinski definition) is 8. The molecule has 3 aromatic heterocycles. The number of anilines is 3. The van der Waals surface area contributed by atoms with E-state index in [1.807, 2.05) is 36.4 Å². The van der Waals surface area contributed by atoms with E-state index in [9.17, 15) is 5.11 Å². The van der Waals surface area contributed by atoms with Gasteiger partial charge < -0.3 is 15.7 Å². The van der Waals surface area contributed by atoms with Crippen molar-refractivity contribution in [3.05, 3.63) is 66.0 Å². The molecule has 0 bridgehead atoms. The second-order valence-electron chi connectivity index (χ2n) is 7.85. The zero-order valence-corrected chi connectivity index (χ0v) is 17.8. The maximum Gasteiger partial charge on any atom is 0.225 e. The van der Waals surface area contributed by atoms with Crippen LogP contribution in [-0.2, 0) is 6.42 Å². The summed E-state index contributed by atoms with van der Waals surface area (Å²) < 4.78 is 0. The van der Waals surface area contributed by atoms with Gasteiger partial charge in [0.05, 0.1) is 11.8 Å². The fourth-order valence-electron chi connectivity index (χ4n) is 3.86. The summed E-state index contributed by atoms with van der Waals surface area (Å²) in [5, 5.41) is 17.4. The molecule has 3 N–H and O–H groups in total. The third-order valence-electron chi connectivity index (χ3n) is 5.44. The molecule has 1 aliphatic rings. The molecule has 31 heavy (non-hydrogen) atoms. The molecule has 3 heterocycles. The number of fused-ring (bicyclic) bond motifs is 1. The van der Waals surface area contributed by atoms with E-state index >= 15 is 0 Å². The molecule has 0 spiro atoms. The lowest BCUT2D eigenvalue weighted by molar-refractivity contribution is 0.126. The first-order valence-electron chi connectivity index (χ1n) is 10.6. The average molecular weight is 433 g/mol. The van der Waals surface area contributed by atoms with Gasteiger partial charge in [0.25, 0.3) is 0 Å². The number of pyridine rings is 1. The molecule has 1 aliphatic carbocycles. The topological polar surface area (TPSA) is 95.8 Å². The number of nitrogens with zero attached hydrogens (tertiary/aromatic N) is 4. The smallest absolute Gasteiger partial charge is 0.225 e. The van der Waals surface area contributed by atoms with E-state index in [0.29, 0.717) is 11.8 Å². The van der Waals surface area contributed by atoms with Crippen molar-refractivity contribution >= 4 is 38.6 Å². The standard InChI is InChI=1S/C23H24N6OS/c30-18-10-8-16(9-11-18)25-22-26-17(13-15-5-2-1-3-6-15)14-20(28-22)29-23-27-19-7-4-12-24-21(19)31-23/h1-7,12,14,16,18,30H,8-11,13H2,(H2,25,26,27,28,29). The Morgan fingerprint density at radius 2 is 1.81 bits per heavy atom. The van der Waals surface area contributed by atoms with Crippen molar-refractivity contribution in [1.82, 2.24) is 19.9 Å². The number of thiazole rings is 1. The quantitative estimate of drug-likeness (QED) is 0.412. The summed E-state index contributed by atoms with van der Waals surface area (Å²) in [5.74, 6) is 1.31. The van der Waals surface area contributed by atoms with E-state index < -0.39 is 0 Å². The van der Waals surface area contributed by atoms with Crippen LogP contribution < -0.4 is 10.6 Å². The lowest BCUT2D eigenvalue weighted by Gasteiger charge is -2.26. The summed E-state index contributed by atoms with van der Waals surface area (Å²) in [6.07, 6.45) is 5.76. The minimum absolute atomic E-state index is 0.187. The van der Waals surface area contributed by atoms with Gasteiger partial charge in [-0.3, -0.25) is 0 Å². The molecule has 1 fully saturated rings. The minimum atomic E-state index is -0.187. The van der Waals surface area contributed by atoms with E-state index in [2.05, 4.69) is 32.7 Å². The van der Waals surface area contributed by atoms with Crippen LogP contribution in [0, 0.1) is 0 Å². The zero-order valence-electron chi connectivity index (χ0n) is 17.0. The van der Waals surface area contributed by atoms with Gasteiger partial charge in [0.2, 0.25) is 5.95 Å². The monoisotopic (exact) mass is 432 g/mol. The third-order valence-corrected chi connectivity index (χ3v) is 6.33. The summed E-state index contributed by atoms with van der Waals surface area (Å²) in [5.41, 5.74) is 3.00. The second-order valence-corrected chi connectivity index (χ2v) is 8.83. The van der Waals surface area contributed by atoms with Crippen LogP contribution in [0.3, 0.4) is 0 Å². The van der Waals surface area contributed by atoms with Crippen molar-refractivity contribution in [2.24, 2.45) is 0 Å². The Morgan fingerprint density at radius 1 is 0.968 bits per heavy atom. The molecule has 5 rings (SSSR count). The van der Waals surface area contributed by atoms with Crippen LogP contribution in [0.2, 0.25) is 0 Å². The molecule has 1 saturated carbocycles. The molecule has 0 amide bonds. The van der Waals surface area contributed by atoms with E-state index in [1.165, 1.54) is 16.9 Å². The van der Waals surface area contributed by atoms with Crippen LogP contribution in [0.5, 0.6) is 0 Å². The second kappa shape index (κ2) is 8.95. The lowest BCUT2D eigenvalue weighted by Crippen LogP contribution is -2.29. The van der Waals surface area contributed by atoms with Crippen molar-refractivity contribution in [2.45, 2.75) is 44.2 Å². The van der Waals surface area contributed by atoms with E-state index in [1.54, 1.807) is 6.20 Å². The number of rotatable bonds is 6. The van der Waals surface area contributed by atoms with Crippen molar-refractivity contribution < 1.29 is 5.11 Å². The Morgan fingerprint density at radius 3 is 2.61 bits per heavy atom.